The average molecular weight is 298 g/mol. The molecule has 0 atom stereocenters. The van der Waals surface area contributed by atoms with E-state index in [2.05, 4.69) is 5.32 Å². The van der Waals surface area contributed by atoms with Gasteiger partial charge in [0.05, 0.1) is 17.6 Å². The van der Waals surface area contributed by atoms with Gasteiger partial charge in [0.2, 0.25) is 0 Å². The molecule has 0 saturated carbocycles. The number of benzene rings is 1. The fourth-order valence-corrected chi connectivity index (χ4v) is 2.77. The summed E-state index contributed by atoms with van der Waals surface area (Å²) in [5, 5.41) is 12.6. The minimum Gasteiger partial charge on any atom is -0.494 e. The number of aliphatic hydroxyl groups is 1. The number of rotatable bonds is 6. The zero-order chi connectivity index (χ0) is 13.7. The second-order valence-electron chi connectivity index (χ2n) is 3.97. The summed E-state index contributed by atoms with van der Waals surface area (Å²) in [5.41, 5.74) is 1.74. The standard InChI is InChI=1S/C14H16ClNO2S/c1-2-18-13-5-3-11(7-10(13)9-17)16-8-12-4-6-14(15)19-12/h3-7,16-17H,2,8-9H2,1H3. The molecule has 1 aromatic carbocycles. The summed E-state index contributed by atoms with van der Waals surface area (Å²) >= 11 is 7.44. The van der Waals surface area contributed by atoms with Gasteiger partial charge in [0.15, 0.2) is 0 Å². The molecule has 2 N–H and O–H groups in total. The Morgan fingerprint density at radius 2 is 2.16 bits per heavy atom. The Labute approximate surface area is 121 Å². The van der Waals surface area contributed by atoms with Crippen LogP contribution < -0.4 is 10.1 Å². The summed E-state index contributed by atoms with van der Waals surface area (Å²) in [7, 11) is 0. The molecule has 0 aliphatic heterocycles. The third-order valence-electron chi connectivity index (χ3n) is 2.63. The van der Waals surface area contributed by atoms with E-state index in [9.17, 15) is 5.11 Å². The normalized spacial score (nSPS) is 10.5. The fraction of sp³-hybridized carbons (Fsp3) is 0.286. The summed E-state index contributed by atoms with van der Waals surface area (Å²) < 4.78 is 6.24. The number of hydrogen-bond acceptors (Lipinski definition) is 4. The molecular formula is C14H16ClNO2S. The van der Waals surface area contributed by atoms with Gasteiger partial charge in [-0.15, -0.1) is 11.3 Å². The van der Waals surface area contributed by atoms with E-state index in [0.717, 1.165) is 27.9 Å². The van der Waals surface area contributed by atoms with Crippen LogP contribution in [0.1, 0.15) is 17.4 Å². The van der Waals surface area contributed by atoms with Crippen molar-refractivity contribution in [1.29, 1.82) is 0 Å². The van der Waals surface area contributed by atoms with Crippen LogP contribution in [-0.2, 0) is 13.2 Å². The SMILES string of the molecule is CCOc1ccc(NCc2ccc(Cl)s2)cc1CO. The smallest absolute Gasteiger partial charge is 0.124 e. The van der Waals surface area contributed by atoms with Crippen LogP contribution in [0.2, 0.25) is 4.34 Å². The number of hydrogen-bond donors (Lipinski definition) is 2. The number of ether oxygens (including phenoxy) is 1. The molecule has 2 rings (SSSR count). The lowest BCUT2D eigenvalue weighted by Crippen LogP contribution is -2.01. The molecule has 1 aromatic heterocycles. The quantitative estimate of drug-likeness (QED) is 0.849. The van der Waals surface area contributed by atoms with Crippen LogP contribution in [0, 0.1) is 0 Å². The molecule has 0 saturated heterocycles. The van der Waals surface area contributed by atoms with Crippen molar-refractivity contribution in [2.75, 3.05) is 11.9 Å². The van der Waals surface area contributed by atoms with Crippen molar-refractivity contribution in [3.8, 4) is 5.75 Å². The first kappa shape index (κ1) is 14.2. The second-order valence-corrected chi connectivity index (χ2v) is 5.77. The Morgan fingerprint density at radius 3 is 2.79 bits per heavy atom. The first-order chi connectivity index (χ1) is 9.22. The number of halogens is 1. The molecule has 0 unspecified atom stereocenters. The maximum absolute atomic E-state index is 9.33. The van der Waals surface area contributed by atoms with Crippen molar-refractivity contribution in [2.24, 2.45) is 0 Å². The van der Waals surface area contributed by atoms with Crippen LogP contribution in [0.25, 0.3) is 0 Å². The highest BCUT2D eigenvalue weighted by Crippen LogP contribution is 2.25. The van der Waals surface area contributed by atoms with Crippen molar-refractivity contribution < 1.29 is 9.84 Å². The molecule has 0 radical (unpaired) electrons. The van der Waals surface area contributed by atoms with E-state index in [1.165, 1.54) is 4.88 Å². The first-order valence-electron chi connectivity index (χ1n) is 6.07. The summed E-state index contributed by atoms with van der Waals surface area (Å²) in [6, 6.07) is 9.61. The molecular weight excluding hydrogens is 282 g/mol. The van der Waals surface area contributed by atoms with Gasteiger partial charge in [-0.25, -0.2) is 0 Å². The molecule has 3 nitrogen and oxygen atoms in total. The minimum absolute atomic E-state index is 0.0321. The number of nitrogens with one attached hydrogen (secondary N) is 1. The number of aliphatic hydroxyl groups excluding tert-OH is 1. The fourth-order valence-electron chi connectivity index (χ4n) is 1.75. The third-order valence-corrected chi connectivity index (χ3v) is 3.86. The Bertz CT molecular complexity index is 542. The van der Waals surface area contributed by atoms with Crippen LogP contribution in [-0.4, -0.2) is 11.7 Å². The lowest BCUT2D eigenvalue weighted by atomic mass is 10.2. The molecule has 19 heavy (non-hydrogen) atoms. The van der Waals surface area contributed by atoms with Gasteiger partial charge in [0.25, 0.3) is 0 Å². The van der Waals surface area contributed by atoms with Gasteiger partial charge < -0.3 is 15.2 Å². The summed E-state index contributed by atoms with van der Waals surface area (Å²) in [5.74, 6) is 0.731. The van der Waals surface area contributed by atoms with Crippen molar-refractivity contribution in [3.05, 3.63) is 45.1 Å². The van der Waals surface area contributed by atoms with Crippen molar-refractivity contribution in [1.82, 2.24) is 0 Å². The molecule has 2 aromatic rings. The summed E-state index contributed by atoms with van der Waals surface area (Å²) in [6.07, 6.45) is 0. The molecule has 0 fully saturated rings. The van der Waals surface area contributed by atoms with Gasteiger partial charge in [-0.2, -0.15) is 0 Å². The molecule has 1 heterocycles. The Morgan fingerprint density at radius 1 is 1.32 bits per heavy atom. The maximum atomic E-state index is 9.33. The van der Waals surface area contributed by atoms with Crippen LogP contribution in [0.5, 0.6) is 5.75 Å². The predicted molar refractivity (Wildman–Crippen MR) is 80.2 cm³/mol. The van der Waals surface area contributed by atoms with E-state index in [1.807, 2.05) is 37.3 Å². The largest absolute Gasteiger partial charge is 0.494 e. The molecule has 0 spiro atoms. The van der Waals surface area contributed by atoms with Crippen LogP contribution in [0.4, 0.5) is 5.69 Å². The van der Waals surface area contributed by atoms with E-state index in [0.29, 0.717) is 6.61 Å². The molecule has 102 valence electrons. The Balaban J connectivity index is 2.04. The highest BCUT2D eigenvalue weighted by Gasteiger charge is 2.04. The van der Waals surface area contributed by atoms with Gasteiger partial charge in [-0.05, 0) is 37.3 Å². The highest BCUT2D eigenvalue weighted by molar-refractivity contribution is 7.16. The number of anilines is 1. The minimum atomic E-state index is -0.0321. The van der Waals surface area contributed by atoms with Gasteiger partial charge in [0, 0.05) is 22.7 Å². The summed E-state index contributed by atoms with van der Waals surface area (Å²) in [6.45, 7) is 3.20. The maximum Gasteiger partial charge on any atom is 0.124 e. The van der Waals surface area contributed by atoms with Crippen LogP contribution >= 0.6 is 22.9 Å². The monoisotopic (exact) mass is 297 g/mol. The van der Waals surface area contributed by atoms with E-state index in [-0.39, 0.29) is 6.61 Å². The predicted octanol–water partition coefficient (Wildman–Crippen LogP) is 3.90. The van der Waals surface area contributed by atoms with E-state index >= 15 is 0 Å². The Hall–Kier alpha value is -1.23. The highest BCUT2D eigenvalue weighted by atomic mass is 35.5. The van der Waals surface area contributed by atoms with E-state index in [1.54, 1.807) is 11.3 Å². The van der Waals surface area contributed by atoms with Gasteiger partial charge in [-0.3, -0.25) is 0 Å². The third kappa shape index (κ3) is 3.86. The van der Waals surface area contributed by atoms with Crippen LogP contribution in [0.3, 0.4) is 0 Å². The van der Waals surface area contributed by atoms with E-state index < -0.39 is 0 Å². The van der Waals surface area contributed by atoms with Crippen molar-refractivity contribution in [3.63, 3.8) is 0 Å². The van der Waals surface area contributed by atoms with Crippen molar-refractivity contribution in [2.45, 2.75) is 20.1 Å². The topological polar surface area (TPSA) is 41.5 Å². The zero-order valence-electron chi connectivity index (χ0n) is 10.6. The van der Waals surface area contributed by atoms with Crippen LogP contribution in [0.15, 0.2) is 30.3 Å². The average Bonchev–Trinajstić information content (AvgIpc) is 2.83. The lowest BCUT2D eigenvalue weighted by molar-refractivity contribution is 0.267. The molecule has 0 amide bonds. The summed E-state index contributed by atoms with van der Waals surface area (Å²) in [4.78, 5) is 1.17. The molecule has 5 heteroatoms. The van der Waals surface area contributed by atoms with Gasteiger partial charge >= 0.3 is 0 Å². The Kier molecular flexibility index (Phi) is 5.07. The van der Waals surface area contributed by atoms with Gasteiger partial charge in [-0.1, -0.05) is 11.6 Å². The van der Waals surface area contributed by atoms with Crippen molar-refractivity contribution >= 4 is 28.6 Å². The number of thiophene rings is 1. The first-order valence-corrected chi connectivity index (χ1v) is 7.27. The van der Waals surface area contributed by atoms with Gasteiger partial charge in [0.1, 0.15) is 5.75 Å². The second kappa shape index (κ2) is 6.80. The lowest BCUT2D eigenvalue weighted by Gasteiger charge is -2.11. The molecule has 0 bridgehead atoms. The zero-order valence-corrected chi connectivity index (χ0v) is 12.2. The molecule has 0 aliphatic carbocycles. The molecule has 0 aliphatic rings. The van der Waals surface area contributed by atoms with E-state index in [4.69, 9.17) is 16.3 Å².